The molecule has 0 aliphatic carbocycles. The van der Waals surface area contributed by atoms with E-state index in [0.717, 1.165) is 66.6 Å². The summed E-state index contributed by atoms with van der Waals surface area (Å²) < 4.78 is 5.71. The highest BCUT2D eigenvalue weighted by atomic mass is 16.3. The van der Waals surface area contributed by atoms with Gasteiger partial charge in [-0.2, -0.15) is 0 Å². The Balaban J connectivity index is 1.02. The summed E-state index contributed by atoms with van der Waals surface area (Å²) in [6.45, 7) is 6.09. The molecular formula is C32H31N7O2. The van der Waals surface area contributed by atoms with Crippen molar-refractivity contribution < 1.29 is 9.21 Å². The molecule has 2 aromatic heterocycles. The zero-order chi connectivity index (χ0) is 28.0. The van der Waals surface area contributed by atoms with Crippen LogP contribution in [0.25, 0.3) is 22.7 Å². The molecule has 1 aliphatic heterocycles. The number of oxazole rings is 1. The molecule has 9 nitrogen and oxygen atoms in total. The third kappa shape index (κ3) is 6.59. The van der Waals surface area contributed by atoms with Crippen LogP contribution in [0.15, 0.2) is 102 Å². The molecule has 3 aromatic carbocycles. The second kappa shape index (κ2) is 12.0. The average Bonchev–Trinajstić information content (AvgIpc) is 3.47. The molecule has 0 saturated carbocycles. The molecule has 6 rings (SSSR count). The van der Waals surface area contributed by atoms with E-state index in [-0.39, 0.29) is 5.91 Å². The van der Waals surface area contributed by atoms with E-state index in [1.165, 1.54) is 12.6 Å². The highest BCUT2D eigenvalue weighted by Gasteiger charge is 2.19. The van der Waals surface area contributed by atoms with E-state index in [0.29, 0.717) is 11.8 Å². The zero-order valence-corrected chi connectivity index (χ0v) is 22.8. The SMILES string of the molecule is CC(=O)Nc1ccc(-c2ccnc(Nc3ccc(N4CCN(Cc5coc(-c6ccccc6)n5)CC4)cc3)n2)cc1. The van der Waals surface area contributed by atoms with Crippen molar-refractivity contribution >= 4 is 28.9 Å². The lowest BCUT2D eigenvalue weighted by molar-refractivity contribution is -0.114. The number of carbonyl (C=O) groups is 1. The topological polar surface area (TPSA) is 99.4 Å². The zero-order valence-electron chi connectivity index (χ0n) is 22.8. The minimum Gasteiger partial charge on any atom is -0.444 e. The molecule has 5 aromatic rings. The molecule has 1 fully saturated rings. The molecule has 1 saturated heterocycles. The normalized spacial score (nSPS) is 13.6. The molecule has 206 valence electrons. The van der Waals surface area contributed by atoms with Crippen LogP contribution in [0.3, 0.4) is 0 Å². The quantitative estimate of drug-likeness (QED) is 0.252. The Morgan fingerprint density at radius 2 is 1.56 bits per heavy atom. The maximum Gasteiger partial charge on any atom is 0.227 e. The Morgan fingerprint density at radius 1 is 0.829 bits per heavy atom. The fourth-order valence-corrected chi connectivity index (χ4v) is 4.88. The monoisotopic (exact) mass is 545 g/mol. The molecule has 0 atom stereocenters. The van der Waals surface area contributed by atoms with Gasteiger partial charge in [-0.1, -0.05) is 30.3 Å². The predicted molar refractivity (Wildman–Crippen MR) is 161 cm³/mol. The van der Waals surface area contributed by atoms with Gasteiger partial charge in [-0.3, -0.25) is 9.69 Å². The molecule has 2 N–H and O–H groups in total. The molecule has 41 heavy (non-hydrogen) atoms. The molecule has 0 spiro atoms. The second-order valence-electron chi connectivity index (χ2n) is 9.97. The maximum atomic E-state index is 11.3. The first-order valence-electron chi connectivity index (χ1n) is 13.6. The van der Waals surface area contributed by atoms with Crippen LogP contribution in [0.4, 0.5) is 23.0 Å². The van der Waals surface area contributed by atoms with Crippen molar-refractivity contribution in [3.05, 3.63) is 103 Å². The number of piperazine rings is 1. The number of rotatable bonds is 8. The molecule has 0 bridgehead atoms. The van der Waals surface area contributed by atoms with Gasteiger partial charge in [-0.25, -0.2) is 15.0 Å². The van der Waals surface area contributed by atoms with Crippen molar-refractivity contribution in [2.24, 2.45) is 0 Å². The fourth-order valence-electron chi connectivity index (χ4n) is 4.88. The van der Waals surface area contributed by atoms with Crippen molar-refractivity contribution in [3.63, 3.8) is 0 Å². The summed E-state index contributed by atoms with van der Waals surface area (Å²) >= 11 is 0. The van der Waals surface area contributed by atoms with Crippen molar-refractivity contribution in [2.45, 2.75) is 13.5 Å². The smallest absolute Gasteiger partial charge is 0.227 e. The van der Waals surface area contributed by atoms with Crippen LogP contribution in [-0.4, -0.2) is 51.9 Å². The van der Waals surface area contributed by atoms with Gasteiger partial charge >= 0.3 is 0 Å². The number of carbonyl (C=O) groups excluding carboxylic acids is 1. The van der Waals surface area contributed by atoms with Gasteiger partial charge in [-0.05, 0) is 54.6 Å². The maximum absolute atomic E-state index is 11.3. The largest absolute Gasteiger partial charge is 0.444 e. The molecule has 1 amide bonds. The van der Waals surface area contributed by atoms with Crippen LogP contribution in [-0.2, 0) is 11.3 Å². The third-order valence-electron chi connectivity index (χ3n) is 6.98. The lowest BCUT2D eigenvalue weighted by Gasteiger charge is -2.35. The van der Waals surface area contributed by atoms with E-state index in [1.54, 1.807) is 12.5 Å². The van der Waals surface area contributed by atoms with Crippen LogP contribution in [0.2, 0.25) is 0 Å². The number of benzene rings is 3. The molecule has 0 radical (unpaired) electrons. The second-order valence-corrected chi connectivity index (χ2v) is 9.97. The molecule has 0 unspecified atom stereocenters. The van der Waals surface area contributed by atoms with Gasteiger partial charge < -0.3 is 20.0 Å². The summed E-state index contributed by atoms with van der Waals surface area (Å²) in [5.74, 6) is 1.10. The molecule has 9 heteroatoms. The number of aromatic nitrogens is 3. The fraction of sp³-hybridized carbons (Fsp3) is 0.188. The third-order valence-corrected chi connectivity index (χ3v) is 6.98. The van der Waals surface area contributed by atoms with Gasteiger partial charge in [0.25, 0.3) is 0 Å². The summed E-state index contributed by atoms with van der Waals surface area (Å²) in [5.41, 5.74) is 6.56. The van der Waals surface area contributed by atoms with Gasteiger partial charge in [0.05, 0.1) is 11.4 Å². The standard InChI is InChI=1S/C32H31N7O2/c1-23(40)34-26-9-7-24(8-10-26)30-15-16-33-32(37-30)36-27-11-13-29(14-12-27)39-19-17-38(18-20-39)21-28-22-41-31(35-28)25-5-3-2-4-6-25/h2-16,22H,17-21H2,1H3,(H,34,40)(H,33,36,37). The summed E-state index contributed by atoms with van der Waals surface area (Å²) in [7, 11) is 0. The van der Waals surface area contributed by atoms with Crippen LogP contribution in [0.5, 0.6) is 0 Å². The first-order valence-corrected chi connectivity index (χ1v) is 13.6. The van der Waals surface area contributed by atoms with E-state index in [4.69, 9.17) is 4.42 Å². The molecule has 1 aliphatic rings. The van der Waals surface area contributed by atoms with Crippen molar-refractivity contribution in [2.75, 3.05) is 41.7 Å². The Labute approximate surface area is 238 Å². The van der Waals surface area contributed by atoms with Gasteiger partial charge in [0, 0.05) is 74.0 Å². The van der Waals surface area contributed by atoms with Gasteiger partial charge in [-0.15, -0.1) is 0 Å². The van der Waals surface area contributed by atoms with Crippen LogP contribution in [0, 0.1) is 0 Å². The summed E-state index contributed by atoms with van der Waals surface area (Å²) in [6.07, 6.45) is 3.51. The van der Waals surface area contributed by atoms with Crippen LogP contribution in [0.1, 0.15) is 12.6 Å². The molecule has 3 heterocycles. The van der Waals surface area contributed by atoms with Crippen LogP contribution < -0.4 is 15.5 Å². The van der Waals surface area contributed by atoms with E-state index in [1.807, 2.05) is 60.7 Å². The van der Waals surface area contributed by atoms with E-state index in [2.05, 4.69) is 59.7 Å². The lowest BCUT2D eigenvalue weighted by atomic mass is 10.1. The van der Waals surface area contributed by atoms with E-state index in [9.17, 15) is 4.79 Å². The summed E-state index contributed by atoms with van der Waals surface area (Å²) in [6, 6.07) is 27.8. The minimum absolute atomic E-state index is 0.0969. The highest BCUT2D eigenvalue weighted by Crippen LogP contribution is 2.24. The average molecular weight is 546 g/mol. The van der Waals surface area contributed by atoms with Crippen LogP contribution >= 0.6 is 0 Å². The van der Waals surface area contributed by atoms with E-state index >= 15 is 0 Å². The number of nitrogens with one attached hydrogen (secondary N) is 2. The number of nitrogens with zero attached hydrogens (tertiary/aromatic N) is 5. The van der Waals surface area contributed by atoms with Gasteiger partial charge in [0.15, 0.2) is 0 Å². The first-order chi connectivity index (χ1) is 20.1. The van der Waals surface area contributed by atoms with Gasteiger partial charge in [0.1, 0.15) is 6.26 Å². The summed E-state index contributed by atoms with van der Waals surface area (Å²) in [5, 5.41) is 6.09. The Morgan fingerprint density at radius 3 is 2.29 bits per heavy atom. The Bertz CT molecular complexity index is 1590. The number of anilines is 4. The van der Waals surface area contributed by atoms with Gasteiger partial charge in [0.2, 0.25) is 17.7 Å². The van der Waals surface area contributed by atoms with Crippen molar-refractivity contribution in [3.8, 4) is 22.7 Å². The Kier molecular flexibility index (Phi) is 7.68. The number of hydrogen-bond donors (Lipinski definition) is 2. The van der Waals surface area contributed by atoms with Crippen molar-refractivity contribution in [1.82, 2.24) is 19.9 Å². The lowest BCUT2D eigenvalue weighted by Crippen LogP contribution is -2.46. The highest BCUT2D eigenvalue weighted by molar-refractivity contribution is 5.88. The predicted octanol–water partition coefficient (Wildman–Crippen LogP) is 5.82. The van der Waals surface area contributed by atoms with E-state index < -0.39 is 0 Å². The van der Waals surface area contributed by atoms with Crippen molar-refractivity contribution in [1.29, 1.82) is 0 Å². The number of amides is 1. The number of hydrogen-bond acceptors (Lipinski definition) is 8. The molecular weight excluding hydrogens is 514 g/mol. The summed E-state index contributed by atoms with van der Waals surface area (Å²) in [4.78, 5) is 29.8. The first kappa shape index (κ1) is 26.2. The Hall–Kier alpha value is -5.02. The minimum atomic E-state index is -0.0969.